The molecule has 0 spiro atoms. The molecule has 1 atom stereocenters. The van der Waals surface area contributed by atoms with Gasteiger partial charge in [-0.1, -0.05) is 19.9 Å². The maximum atomic E-state index is 11.3. The van der Waals surface area contributed by atoms with Crippen LogP contribution in [0.1, 0.15) is 20.3 Å². The van der Waals surface area contributed by atoms with Gasteiger partial charge in [-0.2, -0.15) is 0 Å². The lowest BCUT2D eigenvalue weighted by molar-refractivity contribution is -0.143. The van der Waals surface area contributed by atoms with E-state index in [2.05, 4.69) is 11.9 Å². The third-order valence-corrected chi connectivity index (χ3v) is 1.81. The zero-order valence-electron chi connectivity index (χ0n) is 9.73. The van der Waals surface area contributed by atoms with Crippen LogP contribution in [0.15, 0.2) is 12.7 Å². The van der Waals surface area contributed by atoms with Gasteiger partial charge in [-0.05, 0) is 12.3 Å². The number of rotatable bonds is 8. The summed E-state index contributed by atoms with van der Waals surface area (Å²) < 4.78 is 4.91. The van der Waals surface area contributed by atoms with Crippen molar-refractivity contribution in [3.8, 4) is 0 Å². The van der Waals surface area contributed by atoms with Crippen LogP contribution in [0.2, 0.25) is 0 Å². The normalized spacial score (nSPS) is 12.2. The van der Waals surface area contributed by atoms with Crippen molar-refractivity contribution in [1.82, 2.24) is 5.32 Å². The molecule has 16 heavy (non-hydrogen) atoms. The van der Waals surface area contributed by atoms with Crippen LogP contribution in [0.25, 0.3) is 0 Å². The fraction of sp³-hybridized carbons (Fsp3) is 0.636. The van der Waals surface area contributed by atoms with Gasteiger partial charge in [-0.3, -0.25) is 4.79 Å². The van der Waals surface area contributed by atoms with Crippen molar-refractivity contribution >= 4 is 11.9 Å². The van der Waals surface area contributed by atoms with Crippen LogP contribution in [0, 0.1) is 5.92 Å². The Morgan fingerprint density at radius 2 is 2.12 bits per heavy atom. The van der Waals surface area contributed by atoms with Crippen LogP contribution in [0.4, 0.5) is 0 Å². The molecule has 0 saturated heterocycles. The van der Waals surface area contributed by atoms with Crippen molar-refractivity contribution in [2.24, 2.45) is 5.92 Å². The predicted molar refractivity (Wildman–Crippen MR) is 60.0 cm³/mol. The smallest absolute Gasteiger partial charge is 0.326 e. The summed E-state index contributed by atoms with van der Waals surface area (Å²) in [5.74, 6) is -1.24. The second kappa shape index (κ2) is 7.87. The lowest BCUT2D eigenvalue weighted by atomic mass is 10.0. The zero-order valence-corrected chi connectivity index (χ0v) is 9.73. The van der Waals surface area contributed by atoms with Crippen molar-refractivity contribution in [3.05, 3.63) is 12.7 Å². The highest BCUT2D eigenvalue weighted by molar-refractivity contribution is 5.84. The van der Waals surface area contributed by atoms with Gasteiger partial charge in [0, 0.05) is 0 Å². The Bertz CT molecular complexity index is 250. The molecule has 5 heteroatoms. The fourth-order valence-corrected chi connectivity index (χ4v) is 1.16. The minimum Gasteiger partial charge on any atom is -0.480 e. The highest BCUT2D eigenvalue weighted by atomic mass is 16.5. The molecule has 92 valence electrons. The van der Waals surface area contributed by atoms with Gasteiger partial charge in [0.1, 0.15) is 12.6 Å². The van der Waals surface area contributed by atoms with Crippen molar-refractivity contribution in [3.63, 3.8) is 0 Å². The largest absolute Gasteiger partial charge is 0.480 e. The number of carbonyl (C=O) groups excluding carboxylic acids is 1. The molecule has 0 unspecified atom stereocenters. The van der Waals surface area contributed by atoms with E-state index < -0.39 is 17.9 Å². The molecule has 0 bridgehead atoms. The van der Waals surface area contributed by atoms with Gasteiger partial charge in [-0.25, -0.2) is 4.79 Å². The Kier molecular flexibility index (Phi) is 7.20. The maximum absolute atomic E-state index is 11.3. The summed E-state index contributed by atoms with van der Waals surface area (Å²) in [6.45, 7) is 7.36. The number of carboxylic acids is 1. The Balaban J connectivity index is 4.03. The SMILES string of the molecule is C=CCOCC(=O)N[C@@H](CC(C)C)C(=O)O. The number of amides is 1. The van der Waals surface area contributed by atoms with E-state index in [1.54, 1.807) is 0 Å². The van der Waals surface area contributed by atoms with E-state index in [-0.39, 0.29) is 19.1 Å². The Labute approximate surface area is 95.5 Å². The number of carbonyl (C=O) groups is 2. The van der Waals surface area contributed by atoms with E-state index in [9.17, 15) is 9.59 Å². The third-order valence-electron chi connectivity index (χ3n) is 1.81. The Morgan fingerprint density at radius 1 is 1.50 bits per heavy atom. The van der Waals surface area contributed by atoms with Gasteiger partial charge in [0.2, 0.25) is 5.91 Å². The first-order valence-electron chi connectivity index (χ1n) is 5.18. The van der Waals surface area contributed by atoms with Crippen LogP contribution in [-0.4, -0.2) is 36.2 Å². The van der Waals surface area contributed by atoms with Crippen LogP contribution in [0.3, 0.4) is 0 Å². The van der Waals surface area contributed by atoms with Gasteiger partial charge in [0.05, 0.1) is 6.61 Å². The molecule has 2 N–H and O–H groups in total. The van der Waals surface area contributed by atoms with Crippen LogP contribution >= 0.6 is 0 Å². The summed E-state index contributed by atoms with van der Waals surface area (Å²) in [4.78, 5) is 22.1. The molecule has 0 radical (unpaired) electrons. The van der Waals surface area contributed by atoms with Gasteiger partial charge < -0.3 is 15.2 Å². The van der Waals surface area contributed by atoms with Crippen LogP contribution in [0.5, 0.6) is 0 Å². The highest BCUT2D eigenvalue weighted by Crippen LogP contribution is 2.04. The van der Waals surface area contributed by atoms with Crippen molar-refractivity contribution in [2.75, 3.05) is 13.2 Å². The number of aliphatic carboxylic acids is 1. The van der Waals surface area contributed by atoms with E-state index in [1.807, 2.05) is 13.8 Å². The summed E-state index contributed by atoms with van der Waals surface area (Å²) in [6.07, 6.45) is 1.93. The van der Waals surface area contributed by atoms with E-state index in [1.165, 1.54) is 6.08 Å². The lowest BCUT2D eigenvalue weighted by Gasteiger charge is -2.16. The summed E-state index contributed by atoms with van der Waals surface area (Å²) in [6, 6.07) is -0.847. The zero-order chi connectivity index (χ0) is 12.6. The minimum absolute atomic E-state index is 0.145. The first-order chi connectivity index (χ1) is 7.47. The molecule has 1 amide bonds. The predicted octanol–water partition coefficient (Wildman–Crippen LogP) is 0.804. The summed E-state index contributed by atoms with van der Waals surface area (Å²) in [7, 11) is 0. The van der Waals surface area contributed by atoms with Crippen molar-refractivity contribution < 1.29 is 19.4 Å². The van der Waals surface area contributed by atoms with Gasteiger partial charge in [-0.15, -0.1) is 6.58 Å². The molecular weight excluding hydrogens is 210 g/mol. The van der Waals surface area contributed by atoms with Crippen LogP contribution in [-0.2, 0) is 14.3 Å². The quantitative estimate of drug-likeness (QED) is 0.477. The van der Waals surface area contributed by atoms with Crippen molar-refractivity contribution in [2.45, 2.75) is 26.3 Å². The molecule has 0 aromatic carbocycles. The first kappa shape index (κ1) is 14.6. The number of hydrogen-bond acceptors (Lipinski definition) is 3. The Hall–Kier alpha value is -1.36. The standard InChI is InChI=1S/C11H19NO4/c1-4-5-16-7-10(13)12-9(11(14)15)6-8(2)3/h4,8-9H,1,5-7H2,2-3H3,(H,12,13)(H,14,15)/t9-/m0/s1. The van der Waals surface area contributed by atoms with Gasteiger partial charge in [0.25, 0.3) is 0 Å². The summed E-state index contributed by atoms with van der Waals surface area (Å²) >= 11 is 0. The molecule has 5 nitrogen and oxygen atoms in total. The first-order valence-corrected chi connectivity index (χ1v) is 5.18. The molecule has 0 aliphatic rings. The molecule has 0 rings (SSSR count). The van der Waals surface area contributed by atoms with E-state index >= 15 is 0 Å². The number of ether oxygens (including phenoxy) is 1. The number of hydrogen-bond donors (Lipinski definition) is 2. The molecule has 0 aliphatic carbocycles. The average molecular weight is 229 g/mol. The molecule has 0 heterocycles. The Morgan fingerprint density at radius 3 is 2.56 bits per heavy atom. The van der Waals surface area contributed by atoms with E-state index in [0.29, 0.717) is 6.42 Å². The summed E-state index contributed by atoms with van der Waals surface area (Å²) in [5.41, 5.74) is 0. The molecule has 0 fully saturated rings. The molecular formula is C11H19NO4. The third kappa shape index (κ3) is 7.00. The average Bonchev–Trinajstić information content (AvgIpc) is 2.16. The molecule has 0 aliphatic heterocycles. The van der Waals surface area contributed by atoms with Crippen LogP contribution < -0.4 is 5.32 Å². The van der Waals surface area contributed by atoms with E-state index in [0.717, 1.165) is 0 Å². The number of carboxylic acid groups (broad SMARTS) is 1. The second-order valence-electron chi connectivity index (χ2n) is 3.89. The second-order valence-corrected chi connectivity index (χ2v) is 3.89. The molecule has 0 saturated carbocycles. The molecule has 0 aromatic rings. The van der Waals surface area contributed by atoms with Gasteiger partial charge >= 0.3 is 5.97 Å². The van der Waals surface area contributed by atoms with Crippen molar-refractivity contribution in [1.29, 1.82) is 0 Å². The van der Waals surface area contributed by atoms with Gasteiger partial charge in [0.15, 0.2) is 0 Å². The fourth-order valence-electron chi connectivity index (χ4n) is 1.16. The lowest BCUT2D eigenvalue weighted by Crippen LogP contribution is -2.43. The summed E-state index contributed by atoms with van der Waals surface area (Å²) in [5, 5.41) is 11.3. The maximum Gasteiger partial charge on any atom is 0.326 e. The topological polar surface area (TPSA) is 75.6 Å². The monoisotopic (exact) mass is 229 g/mol. The highest BCUT2D eigenvalue weighted by Gasteiger charge is 2.20. The molecule has 0 aromatic heterocycles. The number of nitrogens with one attached hydrogen (secondary N) is 1. The van der Waals surface area contributed by atoms with E-state index in [4.69, 9.17) is 9.84 Å². The minimum atomic E-state index is -1.02.